The molecule has 0 bridgehead atoms. The molecule has 1 rings (SSSR count). The zero-order chi connectivity index (χ0) is 12.9. The lowest BCUT2D eigenvalue weighted by atomic mass is 9.92. The SMILES string of the molecule is CN(C)CC(C)(C)CNC(=O)C1CCCCN1. The van der Waals surface area contributed by atoms with Crippen LogP contribution in [-0.4, -0.2) is 50.6 Å². The number of amides is 1. The smallest absolute Gasteiger partial charge is 0.237 e. The van der Waals surface area contributed by atoms with Crippen molar-refractivity contribution in [2.45, 2.75) is 39.2 Å². The summed E-state index contributed by atoms with van der Waals surface area (Å²) in [5, 5.41) is 6.34. The van der Waals surface area contributed by atoms with Gasteiger partial charge in [0.05, 0.1) is 6.04 Å². The van der Waals surface area contributed by atoms with E-state index in [2.05, 4.69) is 43.5 Å². The number of carbonyl (C=O) groups excluding carboxylic acids is 1. The summed E-state index contributed by atoms with van der Waals surface area (Å²) in [6.07, 6.45) is 3.32. The Morgan fingerprint density at radius 3 is 2.65 bits per heavy atom. The van der Waals surface area contributed by atoms with Crippen molar-refractivity contribution in [3.8, 4) is 0 Å². The van der Waals surface area contributed by atoms with E-state index in [0.717, 1.165) is 32.5 Å². The predicted molar refractivity (Wildman–Crippen MR) is 71.0 cm³/mol. The van der Waals surface area contributed by atoms with Gasteiger partial charge in [-0.15, -0.1) is 0 Å². The minimum Gasteiger partial charge on any atom is -0.354 e. The van der Waals surface area contributed by atoms with E-state index in [0.29, 0.717) is 0 Å². The van der Waals surface area contributed by atoms with Crippen LogP contribution in [0.2, 0.25) is 0 Å². The van der Waals surface area contributed by atoms with Crippen LogP contribution in [0, 0.1) is 5.41 Å². The van der Waals surface area contributed by atoms with E-state index < -0.39 is 0 Å². The van der Waals surface area contributed by atoms with Gasteiger partial charge in [0.2, 0.25) is 5.91 Å². The highest BCUT2D eigenvalue weighted by Gasteiger charge is 2.24. The molecule has 1 fully saturated rings. The second-order valence-corrected chi connectivity index (χ2v) is 6.12. The van der Waals surface area contributed by atoms with Gasteiger partial charge in [0.15, 0.2) is 0 Å². The van der Waals surface area contributed by atoms with Crippen LogP contribution in [0.5, 0.6) is 0 Å². The Balaban J connectivity index is 2.31. The summed E-state index contributed by atoms with van der Waals surface area (Å²) in [6, 6.07) is 0.0268. The number of nitrogens with zero attached hydrogens (tertiary/aromatic N) is 1. The Hall–Kier alpha value is -0.610. The van der Waals surface area contributed by atoms with E-state index in [4.69, 9.17) is 0 Å². The lowest BCUT2D eigenvalue weighted by molar-refractivity contribution is -0.124. The molecule has 1 heterocycles. The van der Waals surface area contributed by atoms with Crippen LogP contribution >= 0.6 is 0 Å². The fourth-order valence-electron chi connectivity index (χ4n) is 2.44. The highest BCUT2D eigenvalue weighted by molar-refractivity contribution is 5.81. The Labute approximate surface area is 105 Å². The van der Waals surface area contributed by atoms with Crippen LogP contribution < -0.4 is 10.6 Å². The molecular weight excluding hydrogens is 214 g/mol. The molecule has 0 radical (unpaired) electrons. The van der Waals surface area contributed by atoms with Crippen molar-refractivity contribution in [2.24, 2.45) is 5.41 Å². The van der Waals surface area contributed by atoms with Crippen LogP contribution in [0.15, 0.2) is 0 Å². The van der Waals surface area contributed by atoms with Gasteiger partial charge in [-0.1, -0.05) is 20.3 Å². The van der Waals surface area contributed by atoms with Gasteiger partial charge in [-0.05, 0) is 38.9 Å². The van der Waals surface area contributed by atoms with Crippen molar-refractivity contribution in [1.29, 1.82) is 0 Å². The number of hydrogen-bond acceptors (Lipinski definition) is 3. The molecule has 17 heavy (non-hydrogen) atoms. The highest BCUT2D eigenvalue weighted by atomic mass is 16.2. The van der Waals surface area contributed by atoms with Gasteiger partial charge in [0.1, 0.15) is 0 Å². The maximum Gasteiger partial charge on any atom is 0.237 e. The Morgan fingerprint density at radius 2 is 2.12 bits per heavy atom. The zero-order valence-electron chi connectivity index (χ0n) is 11.7. The van der Waals surface area contributed by atoms with E-state index in [1.807, 2.05) is 0 Å². The van der Waals surface area contributed by atoms with E-state index in [1.54, 1.807) is 0 Å². The molecule has 100 valence electrons. The number of carbonyl (C=O) groups is 1. The van der Waals surface area contributed by atoms with E-state index in [9.17, 15) is 4.79 Å². The van der Waals surface area contributed by atoms with Crippen molar-refractivity contribution >= 4 is 5.91 Å². The van der Waals surface area contributed by atoms with Crippen molar-refractivity contribution < 1.29 is 4.79 Å². The van der Waals surface area contributed by atoms with Gasteiger partial charge in [-0.25, -0.2) is 0 Å². The molecule has 1 atom stereocenters. The average Bonchev–Trinajstić information content (AvgIpc) is 2.25. The fraction of sp³-hybridized carbons (Fsp3) is 0.923. The van der Waals surface area contributed by atoms with E-state index in [-0.39, 0.29) is 17.4 Å². The van der Waals surface area contributed by atoms with Crippen molar-refractivity contribution in [3.05, 3.63) is 0 Å². The van der Waals surface area contributed by atoms with Gasteiger partial charge >= 0.3 is 0 Å². The first-order valence-electron chi connectivity index (χ1n) is 6.56. The highest BCUT2D eigenvalue weighted by Crippen LogP contribution is 2.14. The topological polar surface area (TPSA) is 44.4 Å². The van der Waals surface area contributed by atoms with Crippen molar-refractivity contribution in [3.63, 3.8) is 0 Å². The first-order valence-corrected chi connectivity index (χ1v) is 6.56. The Bertz CT molecular complexity index is 245. The van der Waals surface area contributed by atoms with Gasteiger partial charge in [-0.3, -0.25) is 4.79 Å². The molecule has 0 aromatic heterocycles. The summed E-state index contributed by atoms with van der Waals surface area (Å²) in [5.41, 5.74) is 0.119. The maximum atomic E-state index is 11.9. The summed E-state index contributed by atoms with van der Waals surface area (Å²) in [6.45, 7) is 7.05. The molecule has 4 nitrogen and oxygen atoms in total. The molecule has 2 N–H and O–H groups in total. The second kappa shape index (κ2) is 6.36. The molecule has 1 aliphatic heterocycles. The molecule has 0 aliphatic carbocycles. The van der Waals surface area contributed by atoms with Gasteiger partial charge in [-0.2, -0.15) is 0 Å². The summed E-state index contributed by atoms with van der Waals surface area (Å²) < 4.78 is 0. The number of piperidine rings is 1. The number of hydrogen-bond donors (Lipinski definition) is 2. The van der Waals surface area contributed by atoms with Gasteiger partial charge < -0.3 is 15.5 Å². The van der Waals surface area contributed by atoms with Crippen LogP contribution in [0.25, 0.3) is 0 Å². The lowest BCUT2D eigenvalue weighted by Crippen LogP contribution is -2.49. The summed E-state index contributed by atoms with van der Waals surface area (Å²) in [4.78, 5) is 14.1. The van der Waals surface area contributed by atoms with Crippen LogP contribution in [-0.2, 0) is 4.79 Å². The maximum absolute atomic E-state index is 11.9. The normalized spacial score (nSPS) is 21.6. The molecule has 1 saturated heterocycles. The zero-order valence-corrected chi connectivity index (χ0v) is 11.7. The molecule has 0 saturated carbocycles. The predicted octanol–water partition coefficient (Wildman–Crippen LogP) is 0.833. The molecule has 4 heteroatoms. The lowest BCUT2D eigenvalue weighted by Gasteiger charge is -2.30. The minimum atomic E-state index is 0.0268. The standard InChI is InChI=1S/C13H27N3O/c1-13(2,10-16(3)4)9-15-12(17)11-7-5-6-8-14-11/h11,14H,5-10H2,1-4H3,(H,15,17). The third kappa shape index (κ3) is 5.50. The summed E-state index contributed by atoms with van der Waals surface area (Å²) in [5.74, 6) is 0.163. The first kappa shape index (κ1) is 14.5. The molecule has 0 aromatic carbocycles. The molecule has 1 amide bonds. The fourth-order valence-corrected chi connectivity index (χ4v) is 2.44. The number of nitrogens with one attached hydrogen (secondary N) is 2. The van der Waals surface area contributed by atoms with E-state index in [1.165, 1.54) is 6.42 Å². The van der Waals surface area contributed by atoms with Crippen LogP contribution in [0.3, 0.4) is 0 Å². The average molecular weight is 241 g/mol. The van der Waals surface area contributed by atoms with E-state index >= 15 is 0 Å². The van der Waals surface area contributed by atoms with Crippen LogP contribution in [0.4, 0.5) is 0 Å². The van der Waals surface area contributed by atoms with Crippen LogP contribution in [0.1, 0.15) is 33.1 Å². The minimum absolute atomic E-state index is 0.0268. The second-order valence-electron chi connectivity index (χ2n) is 6.12. The molecular formula is C13H27N3O. The summed E-state index contributed by atoms with van der Waals surface area (Å²) >= 11 is 0. The third-order valence-electron chi connectivity index (χ3n) is 3.11. The monoisotopic (exact) mass is 241 g/mol. The first-order chi connectivity index (χ1) is 7.91. The Morgan fingerprint density at radius 1 is 1.41 bits per heavy atom. The van der Waals surface area contributed by atoms with Crippen molar-refractivity contribution in [2.75, 3.05) is 33.7 Å². The molecule has 1 aliphatic rings. The molecule has 1 unspecified atom stereocenters. The van der Waals surface area contributed by atoms with Crippen molar-refractivity contribution in [1.82, 2.24) is 15.5 Å². The molecule has 0 spiro atoms. The largest absolute Gasteiger partial charge is 0.354 e. The Kier molecular flexibility index (Phi) is 5.40. The number of rotatable bonds is 5. The van der Waals surface area contributed by atoms with Gasteiger partial charge in [0, 0.05) is 13.1 Å². The molecule has 0 aromatic rings. The quantitative estimate of drug-likeness (QED) is 0.749. The summed E-state index contributed by atoms with van der Waals surface area (Å²) in [7, 11) is 4.12. The van der Waals surface area contributed by atoms with Gasteiger partial charge in [0.25, 0.3) is 0 Å². The third-order valence-corrected chi connectivity index (χ3v) is 3.11.